The van der Waals surface area contributed by atoms with E-state index in [1.54, 1.807) is 6.07 Å². The number of hydrogen-bond donors (Lipinski definition) is 2. The van der Waals surface area contributed by atoms with Crippen molar-refractivity contribution < 1.29 is 19.7 Å². The summed E-state index contributed by atoms with van der Waals surface area (Å²) in [6.07, 6.45) is 5.03. The molecule has 1 aliphatic carbocycles. The lowest BCUT2D eigenvalue weighted by Crippen LogP contribution is -2.50. The summed E-state index contributed by atoms with van der Waals surface area (Å²) >= 11 is 0. The number of aromatic carboxylic acids is 1. The fraction of sp³-hybridized carbons (Fsp3) is 0.591. The van der Waals surface area contributed by atoms with E-state index in [9.17, 15) is 15.0 Å². The van der Waals surface area contributed by atoms with Crippen molar-refractivity contribution >= 4 is 5.97 Å². The van der Waals surface area contributed by atoms with Crippen LogP contribution in [0.4, 0.5) is 0 Å². The highest BCUT2D eigenvalue weighted by Crippen LogP contribution is 2.53. The van der Waals surface area contributed by atoms with Crippen LogP contribution < -0.4 is 4.74 Å². The van der Waals surface area contributed by atoms with E-state index in [0.717, 1.165) is 54.6 Å². The zero-order valence-corrected chi connectivity index (χ0v) is 16.0. The third-order valence-electron chi connectivity index (χ3n) is 6.10. The van der Waals surface area contributed by atoms with Gasteiger partial charge in [0.2, 0.25) is 0 Å². The third-order valence-corrected chi connectivity index (χ3v) is 6.10. The second-order valence-electron chi connectivity index (χ2n) is 8.22. The van der Waals surface area contributed by atoms with Gasteiger partial charge < -0.3 is 14.9 Å². The number of carbonyl (C=O) groups is 1. The van der Waals surface area contributed by atoms with Gasteiger partial charge in [0.1, 0.15) is 11.9 Å². The van der Waals surface area contributed by atoms with E-state index < -0.39 is 11.6 Å². The van der Waals surface area contributed by atoms with E-state index >= 15 is 0 Å². The number of allylic oxidation sites excluding steroid dienone is 1. The summed E-state index contributed by atoms with van der Waals surface area (Å²) in [5, 5.41) is 20.6. The van der Waals surface area contributed by atoms with Crippen molar-refractivity contribution in [3.63, 3.8) is 0 Å². The maximum absolute atomic E-state index is 11.8. The van der Waals surface area contributed by atoms with Crippen molar-refractivity contribution in [2.24, 2.45) is 5.92 Å². The van der Waals surface area contributed by atoms with Crippen LogP contribution in [0.3, 0.4) is 0 Å². The van der Waals surface area contributed by atoms with Crippen molar-refractivity contribution in [2.75, 3.05) is 0 Å². The SMILES string of the molecule is C=C(C)[C@@H]1CC[C@](C)(O)[C@H]2Oc3cc(CCCCC)c(C(=O)O)cc3[C@@H]12. The van der Waals surface area contributed by atoms with E-state index in [1.807, 2.05) is 19.9 Å². The van der Waals surface area contributed by atoms with Gasteiger partial charge in [-0.2, -0.15) is 0 Å². The molecule has 142 valence electrons. The van der Waals surface area contributed by atoms with E-state index in [-0.39, 0.29) is 17.9 Å². The minimum absolute atomic E-state index is 0.0333. The minimum Gasteiger partial charge on any atom is -0.486 e. The molecule has 1 aromatic rings. The van der Waals surface area contributed by atoms with Crippen molar-refractivity contribution in [1.29, 1.82) is 0 Å². The summed E-state index contributed by atoms with van der Waals surface area (Å²) in [5.41, 5.74) is 2.27. The van der Waals surface area contributed by atoms with Crippen molar-refractivity contribution in [2.45, 2.75) is 76.9 Å². The smallest absolute Gasteiger partial charge is 0.335 e. The average Bonchev–Trinajstić information content (AvgIpc) is 2.94. The minimum atomic E-state index is -0.915. The van der Waals surface area contributed by atoms with E-state index in [0.29, 0.717) is 12.0 Å². The first-order chi connectivity index (χ1) is 12.3. The molecule has 26 heavy (non-hydrogen) atoms. The molecule has 0 saturated heterocycles. The van der Waals surface area contributed by atoms with Crippen LogP contribution in [0.5, 0.6) is 5.75 Å². The zero-order valence-electron chi connectivity index (χ0n) is 16.0. The molecule has 0 radical (unpaired) electrons. The Hall–Kier alpha value is -1.81. The van der Waals surface area contributed by atoms with Crippen LogP contribution in [-0.2, 0) is 6.42 Å². The lowest BCUT2D eigenvalue weighted by Gasteiger charge is -2.42. The summed E-state index contributed by atoms with van der Waals surface area (Å²) in [6, 6.07) is 3.69. The van der Waals surface area contributed by atoms with Crippen LogP contribution in [0.25, 0.3) is 0 Å². The summed E-state index contributed by atoms with van der Waals surface area (Å²) in [6.45, 7) is 10.1. The number of aryl methyl sites for hydroxylation is 1. The number of ether oxygens (including phenoxy) is 1. The highest BCUT2D eigenvalue weighted by atomic mass is 16.5. The lowest BCUT2D eigenvalue weighted by atomic mass is 9.66. The number of carboxylic acids is 1. The molecule has 1 aliphatic heterocycles. The van der Waals surface area contributed by atoms with Gasteiger partial charge in [0.25, 0.3) is 0 Å². The van der Waals surface area contributed by atoms with Crippen LogP contribution in [0.2, 0.25) is 0 Å². The standard InChI is InChI=1S/C22H30O4/c1-5-6-7-8-14-11-18-17(12-16(14)21(23)24)19-15(13(2)3)9-10-22(4,25)20(19)26-18/h11-12,15,19-20,25H,2,5-10H2,1,3-4H3,(H,23,24)/t15-,19+,20-,22-/m0/s1. The number of carboxylic acid groups (broad SMARTS) is 1. The number of benzene rings is 1. The first kappa shape index (κ1) is 19.0. The van der Waals surface area contributed by atoms with Crippen LogP contribution in [0.1, 0.15) is 80.3 Å². The highest BCUT2D eigenvalue weighted by molar-refractivity contribution is 5.90. The Kier molecular flexibility index (Phi) is 5.16. The van der Waals surface area contributed by atoms with Crippen molar-refractivity contribution in [3.8, 4) is 5.75 Å². The predicted molar refractivity (Wildman–Crippen MR) is 102 cm³/mol. The molecule has 0 unspecified atom stereocenters. The molecule has 0 aromatic heterocycles. The predicted octanol–water partition coefficient (Wildman–Crippen LogP) is 4.70. The molecule has 2 N–H and O–H groups in total. The van der Waals surface area contributed by atoms with E-state index in [2.05, 4.69) is 13.5 Å². The molecule has 0 bridgehead atoms. The quantitative estimate of drug-likeness (QED) is 0.571. The Balaban J connectivity index is 2.04. The van der Waals surface area contributed by atoms with Gasteiger partial charge in [-0.3, -0.25) is 0 Å². The van der Waals surface area contributed by atoms with E-state index in [4.69, 9.17) is 4.74 Å². The number of rotatable bonds is 6. The molecule has 4 nitrogen and oxygen atoms in total. The molecule has 1 fully saturated rings. The number of unbranched alkanes of at least 4 members (excludes halogenated alkanes) is 2. The van der Waals surface area contributed by atoms with E-state index in [1.165, 1.54) is 0 Å². The first-order valence-electron chi connectivity index (χ1n) is 9.70. The van der Waals surface area contributed by atoms with Gasteiger partial charge in [-0.15, -0.1) is 0 Å². The second kappa shape index (κ2) is 7.07. The molecule has 4 atom stereocenters. The molecular weight excluding hydrogens is 328 g/mol. The Labute approximate surface area is 155 Å². The van der Waals surface area contributed by atoms with Crippen LogP contribution in [0.15, 0.2) is 24.3 Å². The van der Waals surface area contributed by atoms with Crippen LogP contribution in [0, 0.1) is 5.92 Å². The normalized spacial score (nSPS) is 29.6. The largest absolute Gasteiger partial charge is 0.486 e. The van der Waals surface area contributed by atoms with Crippen molar-refractivity contribution in [1.82, 2.24) is 0 Å². The number of fused-ring (bicyclic) bond motifs is 3. The molecule has 1 saturated carbocycles. The molecule has 2 aliphatic rings. The van der Waals surface area contributed by atoms with Crippen LogP contribution >= 0.6 is 0 Å². The summed E-state index contributed by atoms with van der Waals surface area (Å²) in [5.74, 6) is 0.0187. The zero-order chi connectivity index (χ0) is 19.1. The fourth-order valence-corrected chi connectivity index (χ4v) is 4.61. The Bertz CT molecular complexity index is 719. The maximum atomic E-state index is 11.8. The molecule has 1 aromatic carbocycles. The molecule has 3 rings (SSSR count). The Morgan fingerprint density at radius 3 is 2.73 bits per heavy atom. The van der Waals surface area contributed by atoms with Gasteiger partial charge in [0, 0.05) is 11.5 Å². The number of aliphatic hydroxyl groups is 1. The molecule has 0 amide bonds. The second-order valence-corrected chi connectivity index (χ2v) is 8.22. The van der Waals surface area contributed by atoms with Gasteiger partial charge in [0.15, 0.2) is 0 Å². The lowest BCUT2D eigenvalue weighted by molar-refractivity contribution is -0.0823. The van der Waals surface area contributed by atoms with Gasteiger partial charge in [-0.25, -0.2) is 4.79 Å². The molecular formula is C22H30O4. The van der Waals surface area contributed by atoms with Crippen molar-refractivity contribution in [3.05, 3.63) is 41.0 Å². The Morgan fingerprint density at radius 1 is 1.38 bits per heavy atom. The highest BCUT2D eigenvalue weighted by Gasteiger charge is 2.52. The van der Waals surface area contributed by atoms with Gasteiger partial charge >= 0.3 is 5.97 Å². The molecule has 0 spiro atoms. The van der Waals surface area contributed by atoms with Crippen LogP contribution in [-0.4, -0.2) is 27.9 Å². The summed E-state index contributed by atoms with van der Waals surface area (Å²) in [4.78, 5) is 11.8. The van der Waals surface area contributed by atoms with Gasteiger partial charge in [-0.05, 0) is 63.1 Å². The average molecular weight is 358 g/mol. The third kappa shape index (κ3) is 3.27. The first-order valence-corrected chi connectivity index (χ1v) is 9.70. The fourth-order valence-electron chi connectivity index (χ4n) is 4.61. The molecule has 4 heteroatoms. The van der Waals surface area contributed by atoms with Gasteiger partial charge in [0.05, 0.1) is 11.2 Å². The monoisotopic (exact) mass is 358 g/mol. The summed E-state index contributed by atoms with van der Waals surface area (Å²) in [7, 11) is 0. The number of hydrogen-bond acceptors (Lipinski definition) is 3. The Morgan fingerprint density at radius 2 is 2.12 bits per heavy atom. The van der Waals surface area contributed by atoms with Gasteiger partial charge in [-0.1, -0.05) is 31.9 Å². The topological polar surface area (TPSA) is 66.8 Å². The summed E-state index contributed by atoms with van der Waals surface area (Å²) < 4.78 is 6.20. The molecule has 1 heterocycles. The maximum Gasteiger partial charge on any atom is 0.335 e.